The molecule has 0 spiro atoms. The first-order chi connectivity index (χ1) is 12.3. The molecule has 2 aliphatic rings. The van der Waals surface area contributed by atoms with Crippen LogP contribution in [0.1, 0.15) is 58.9 Å². The van der Waals surface area contributed by atoms with E-state index in [1.165, 1.54) is 0 Å². The van der Waals surface area contributed by atoms with Crippen molar-refractivity contribution in [3.05, 3.63) is 23.9 Å². The van der Waals surface area contributed by atoms with Crippen LogP contribution in [0.2, 0.25) is 0 Å². The molecule has 136 valence electrons. The number of nitriles is 1. The molecule has 2 aliphatic heterocycles. The fourth-order valence-corrected chi connectivity index (χ4v) is 3.50. The SMILES string of the molecule is CC1(C)OB(c2ccc3c(c2)c(C#N)nn3[C@H]2CCCCO2)OC1(C)C. The summed E-state index contributed by atoms with van der Waals surface area (Å²) in [6.07, 6.45) is 3.00. The zero-order chi connectivity index (χ0) is 18.5. The van der Waals surface area contributed by atoms with Gasteiger partial charge in [-0.25, -0.2) is 4.68 Å². The Morgan fingerprint density at radius 2 is 1.92 bits per heavy atom. The van der Waals surface area contributed by atoms with Gasteiger partial charge in [-0.1, -0.05) is 12.1 Å². The molecule has 2 saturated heterocycles. The Morgan fingerprint density at radius 1 is 1.19 bits per heavy atom. The summed E-state index contributed by atoms with van der Waals surface area (Å²) in [4.78, 5) is 0. The van der Waals surface area contributed by atoms with Gasteiger partial charge in [0.05, 0.1) is 16.7 Å². The highest BCUT2D eigenvalue weighted by Crippen LogP contribution is 2.37. The molecular weight excluding hydrogens is 329 g/mol. The third-order valence-electron chi connectivity index (χ3n) is 5.79. The van der Waals surface area contributed by atoms with Crippen LogP contribution in [0.5, 0.6) is 0 Å². The molecule has 0 bridgehead atoms. The van der Waals surface area contributed by atoms with E-state index < -0.39 is 18.3 Å². The highest BCUT2D eigenvalue weighted by molar-refractivity contribution is 6.62. The largest absolute Gasteiger partial charge is 0.494 e. The second-order valence-corrected chi connectivity index (χ2v) is 8.09. The zero-order valence-corrected chi connectivity index (χ0v) is 15.8. The lowest BCUT2D eigenvalue weighted by Crippen LogP contribution is -2.41. The van der Waals surface area contributed by atoms with Crippen LogP contribution in [0.3, 0.4) is 0 Å². The maximum Gasteiger partial charge on any atom is 0.494 e. The molecule has 1 aromatic heterocycles. The lowest BCUT2D eigenvalue weighted by Gasteiger charge is -2.32. The summed E-state index contributed by atoms with van der Waals surface area (Å²) in [6.45, 7) is 8.87. The molecule has 0 unspecified atom stereocenters. The van der Waals surface area contributed by atoms with Gasteiger partial charge >= 0.3 is 7.12 Å². The van der Waals surface area contributed by atoms with E-state index in [2.05, 4.69) is 11.2 Å². The molecule has 0 amide bonds. The first-order valence-electron chi connectivity index (χ1n) is 9.22. The first-order valence-corrected chi connectivity index (χ1v) is 9.22. The second kappa shape index (κ2) is 6.09. The van der Waals surface area contributed by atoms with Crippen molar-refractivity contribution < 1.29 is 14.0 Å². The quantitative estimate of drug-likeness (QED) is 0.777. The third kappa shape index (κ3) is 2.73. The van der Waals surface area contributed by atoms with Crippen molar-refractivity contribution in [3.8, 4) is 6.07 Å². The Balaban J connectivity index is 1.73. The van der Waals surface area contributed by atoms with Gasteiger partial charge in [-0.3, -0.25) is 0 Å². The van der Waals surface area contributed by atoms with E-state index in [4.69, 9.17) is 14.0 Å². The maximum atomic E-state index is 9.54. The van der Waals surface area contributed by atoms with Crippen LogP contribution in [0.25, 0.3) is 10.9 Å². The van der Waals surface area contributed by atoms with Crippen LogP contribution in [-0.2, 0) is 14.0 Å². The molecule has 0 saturated carbocycles. The van der Waals surface area contributed by atoms with E-state index in [9.17, 15) is 5.26 Å². The van der Waals surface area contributed by atoms with Crippen molar-refractivity contribution in [2.75, 3.05) is 6.61 Å². The van der Waals surface area contributed by atoms with E-state index in [-0.39, 0.29) is 6.23 Å². The number of nitrogens with zero attached hydrogens (tertiary/aromatic N) is 3. The summed E-state index contributed by atoms with van der Waals surface area (Å²) in [5.41, 5.74) is 1.42. The number of ether oxygens (including phenoxy) is 1. The minimum atomic E-state index is -0.453. The third-order valence-corrected chi connectivity index (χ3v) is 5.79. The molecule has 1 aromatic carbocycles. The molecule has 0 N–H and O–H groups in total. The Morgan fingerprint density at radius 3 is 2.54 bits per heavy atom. The smallest absolute Gasteiger partial charge is 0.399 e. The predicted molar refractivity (Wildman–Crippen MR) is 99.0 cm³/mol. The minimum Gasteiger partial charge on any atom is -0.399 e. The number of hydrogen-bond donors (Lipinski definition) is 0. The highest BCUT2D eigenvalue weighted by Gasteiger charge is 2.51. The van der Waals surface area contributed by atoms with Crippen LogP contribution in [0.15, 0.2) is 18.2 Å². The molecule has 7 heteroatoms. The Labute approximate surface area is 154 Å². The van der Waals surface area contributed by atoms with Gasteiger partial charge in [0.2, 0.25) is 0 Å². The lowest BCUT2D eigenvalue weighted by molar-refractivity contribution is -0.0367. The number of aromatic nitrogens is 2. The Hall–Kier alpha value is -1.88. The van der Waals surface area contributed by atoms with Gasteiger partial charge < -0.3 is 14.0 Å². The van der Waals surface area contributed by atoms with E-state index in [1.54, 1.807) is 0 Å². The Bertz CT molecular complexity index is 862. The highest BCUT2D eigenvalue weighted by atomic mass is 16.7. The van der Waals surface area contributed by atoms with Crippen molar-refractivity contribution in [1.29, 1.82) is 5.26 Å². The summed E-state index contributed by atoms with van der Waals surface area (Å²) < 4.78 is 20.0. The van der Waals surface area contributed by atoms with E-state index in [0.29, 0.717) is 5.69 Å². The average Bonchev–Trinajstić information content (AvgIpc) is 3.09. The van der Waals surface area contributed by atoms with Gasteiger partial charge in [0.15, 0.2) is 11.9 Å². The lowest BCUT2D eigenvalue weighted by atomic mass is 9.78. The van der Waals surface area contributed by atoms with Gasteiger partial charge in [-0.05, 0) is 58.5 Å². The van der Waals surface area contributed by atoms with Gasteiger partial charge in [0, 0.05) is 12.0 Å². The number of fused-ring (bicyclic) bond motifs is 1. The van der Waals surface area contributed by atoms with Crippen molar-refractivity contribution in [2.24, 2.45) is 0 Å². The monoisotopic (exact) mass is 353 g/mol. The van der Waals surface area contributed by atoms with Crippen LogP contribution >= 0.6 is 0 Å². The number of benzene rings is 1. The standard InChI is InChI=1S/C19H24BN3O3/c1-18(2)19(3,4)26-20(25-18)13-8-9-16-14(11-13)15(12-21)22-23(16)17-7-5-6-10-24-17/h8-9,11,17H,5-7,10H2,1-4H3/t17-/m1/s1. The summed E-state index contributed by atoms with van der Waals surface area (Å²) in [6, 6.07) is 8.15. The summed E-state index contributed by atoms with van der Waals surface area (Å²) in [5.74, 6) is 0. The molecular formula is C19H24BN3O3. The molecule has 0 aliphatic carbocycles. The average molecular weight is 353 g/mol. The van der Waals surface area contributed by atoms with Crippen molar-refractivity contribution in [3.63, 3.8) is 0 Å². The van der Waals surface area contributed by atoms with E-state index >= 15 is 0 Å². The molecule has 26 heavy (non-hydrogen) atoms. The van der Waals surface area contributed by atoms with Crippen molar-refractivity contribution in [1.82, 2.24) is 9.78 Å². The van der Waals surface area contributed by atoms with Crippen molar-refractivity contribution in [2.45, 2.75) is 64.4 Å². The first kappa shape index (κ1) is 17.5. The van der Waals surface area contributed by atoms with Gasteiger partial charge in [0.1, 0.15) is 6.07 Å². The van der Waals surface area contributed by atoms with Gasteiger partial charge in [0.25, 0.3) is 0 Å². The van der Waals surface area contributed by atoms with Gasteiger partial charge in [-0.15, -0.1) is 0 Å². The molecule has 1 atom stereocenters. The van der Waals surface area contributed by atoms with Gasteiger partial charge in [-0.2, -0.15) is 10.4 Å². The predicted octanol–water partition coefficient (Wildman–Crippen LogP) is 2.91. The van der Waals surface area contributed by atoms with Crippen LogP contribution in [0, 0.1) is 11.3 Å². The van der Waals surface area contributed by atoms with Crippen LogP contribution < -0.4 is 5.46 Å². The van der Waals surface area contributed by atoms with E-state index in [1.807, 2.05) is 50.6 Å². The second-order valence-electron chi connectivity index (χ2n) is 8.09. The number of rotatable bonds is 2. The zero-order valence-electron chi connectivity index (χ0n) is 15.8. The maximum absolute atomic E-state index is 9.54. The summed E-state index contributed by atoms with van der Waals surface area (Å²) >= 11 is 0. The molecule has 4 rings (SSSR count). The topological polar surface area (TPSA) is 69.3 Å². The fraction of sp³-hybridized carbons (Fsp3) is 0.579. The normalized spacial score (nSPS) is 24.7. The minimum absolute atomic E-state index is 0.101. The molecule has 3 heterocycles. The molecule has 0 radical (unpaired) electrons. The fourth-order valence-electron chi connectivity index (χ4n) is 3.50. The number of hydrogen-bond acceptors (Lipinski definition) is 5. The van der Waals surface area contributed by atoms with Crippen LogP contribution in [-0.4, -0.2) is 34.7 Å². The van der Waals surface area contributed by atoms with E-state index in [0.717, 1.165) is 42.2 Å². The summed E-state index contributed by atoms with van der Waals surface area (Å²) in [5, 5.41) is 14.9. The molecule has 6 nitrogen and oxygen atoms in total. The molecule has 2 fully saturated rings. The molecule has 2 aromatic rings. The van der Waals surface area contributed by atoms with Crippen LogP contribution in [0.4, 0.5) is 0 Å². The summed E-state index contributed by atoms with van der Waals surface area (Å²) in [7, 11) is -0.453. The Kier molecular flexibility index (Phi) is 4.10. The van der Waals surface area contributed by atoms with Crippen molar-refractivity contribution >= 4 is 23.5 Å².